The van der Waals surface area contributed by atoms with E-state index < -0.39 is 0 Å². The number of nitrogens with zero attached hydrogens (tertiary/aromatic N) is 4. The van der Waals surface area contributed by atoms with Crippen molar-refractivity contribution >= 4 is 154 Å². The summed E-state index contributed by atoms with van der Waals surface area (Å²) in [6, 6.07) is 58.5. The molecule has 0 fully saturated rings. The second kappa shape index (κ2) is 26.9. The van der Waals surface area contributed by atoms with Crippen LogP contribution in [0.3, 0.4) is 0 Å². The molecular weight excluding hydrogens is 1440 g/mol. The van der Waals surface area contributed by atoms with Crippen LogP contribution in [0.5, 0.6) is 46.0 Å². The van der Waals surface area contributed by atoms with Crippen LogP contribution >= 0.6 is 63.7 Å². The van der Waals surface area contributed by atoms with Crippen molar-refractivity contribution in [1.29, 1.82) is 0 Å². The minimum atomic E-state index is -0.251. The van der Waals surface area contributed by atoms with Crippen LogP contribution in [0, 0.1) is 0 Å². The third-order valence-corrected chi connectivity index (χ3v) is 15.9. The van der Waals surface area contributed by atoms with E-state index in [2.05, 4.69) is 63.7 Å². The van der Waals surface area contributed by atoms with Gasteiger partial charge in [-0.05, 0) is 164 Å². The van der Waals surface area contributed by atoms with Crippen LogP contribution in [0.4, 0.5) is 22.7 Å². The maximum Gasteiger partial charge on any atom is 0.166 e. The first-order valence-electron chi connectivity index (χ1n) is 25.7. The van der Waals surface area contributed by atoms with Gasteiger partial charge in [0.15, 0.2) is 46.0 Å². The number of phenols is 8. The van der Waals surface area contributed by atoms with Gasteiger partial charge in [0.2, 0.25) is 0 Å². The molecule has 0 spiro atoms. The summed E-state index contributed by atoms with van der Waals surface area (Å²) in [5, 5.41) is 89.2. The predicted octanol–water partition coefficient (Wildman–Crippen LogP) is 19.0. The smallest absolute Gasteiger partial charge is 0.166 e. The van der Waals surface area contributed by atoms with E-state index in [0.29, 0.717) is 45.0 Å². The fourth-order valence-corrected chi connectivity index (χ4v) is 11.3. The van der Waals surface area contributed by atoms with Crippen molar-refractivity contribution in [3.8, 4) is 68.2 Å². The molecule has 12 aromatic rings. The van der Waals surface area contributed by atoms with E-state index in [4.69, 9.17) is 20.0 Å². The molecule has 0 aliphatic carbocycles. The maximum absolute atomic E-state index is 10.4. The van der Waals surface area contributed by atoms with E-state index in [9.17, 15) is 40.9 Å². The van der Waals surface area contributed by atoms with E-state index in [1.165, 1.54) is 49.1 Å². The molecule has 12 rings (SSSR count). The maximum atomic E-state index is 10.4. The van der Waals surface area contributed by atoms with Crippen molar-refractivity contribution in [1.82, 2.24) is 0 Å². The van der Waals surface area contributed by atoms with Gasteiger partial charge in [0.1, 0.15) is 0 Å². The molecule has 0 aliphatic rings. The Morgan fingerprint density at radius 1 is 0.256 bits per heavy atom. The van der Waals surface area contributed by atoms with Gasteiger partial charge < -0.3 is 40.9 Å². The molecule has 0 radical (unpaired) electrons. The molecule has 0 aromatic heterocycles. The zero-order chi connectivity index (χ0) is 58.8. The molecule has 0 saturated heterocycles. The number of hydrogen-bond acceptors (Lipinski definition) is 12. The van der Waals surface area contributed by atoms with Crippen LogP contribution in [0.1, 0.15) is 22.3 Å². The summed E-state index contributed by atoms with van der Waals surface area (Å²) in [6.45, 7) is 0. The Bertz CT molecular complexity index is 4160. The second-order valence-electron chi connectivity index (χ2n) is 19.2. The molecule has 432 valence electrons. The summed E-state index contributed by atoms with van der Waals surface area (Å²) >= 11 is 14.3. The molecule has 18 heteroatoms. The number of fused-ring (bicyclic) bond motifs is 4. The number of aliphatic imine (C=N–C) groups is 4. The molecule has 12 nitrogen and oxygen atoms in total. The Balaban J connectivity index is 0.000000201. The Morgan fingerprint density at radius 2 is 0.465 bits per heavy atom. The van der Waals surface area contributed by atoms with Gasteiger partial charge in [-0.25, -0.2) is 0 Å². The third-order valence-electron chi connectivity index (χ3n) is 13.9. The van der Waals surface area contributed by atoms with Crippen LogP contribution in [0.15, 0.2) is 232 Å². The largest absolute Gasteiger partial charge is 0.504 e. The van der Waals surface area contributed by atoms with Gasteiger partial charge in [-0.1, -0.05) is 137 Å². The zero-order valence-electron chi connectivity index (χ0n) is 44.3. The Morgan fingerprint density at radius 3 is 0.674 bits per heavy atom. The number of benzene rings is 12. The van der Waals surface area contributed by atoms with E-state index in [1.807, 2.05) is 121 Å². The first-order chi connectivity index (χ1) is 40.6. The summed E-state index contributed by atoms with van der Waals surface area (Å²) in [7, 11) is 0. The number of phenolic OH excluding ortho intramolecular Hbond substituents is 8. The molecule has 0 saturated carbocycles. The first-order valence-corrected chi connectivity index (χ1v) is 28.9. The second-order valence-corrected chi connectivity index (χ2v) is 22.9. The average molecular weight is 1480 g/mol. The van der Waals surface area contributed by atoms with Crippen LogP contribution < -0.4 is 0 Å². The molecule has 0 amide bonds. The molecule has 0 bridgehead atoms. The van der Waals surface area contributed by atoms with Crippen molar-refractivity contribution in [2.45, 2.75) is 0 Å². The Hall–Kier alpha value is -8.33. The average Bonchev–Trinajstić information content (AvgIpc) is 0.843. The zero-order valence-corrected chi connectivity index (χ0v) is 52.6. The minimum absolute atomic E-state index is 0. The fourth-order valence-electron chi connectivity index (χ4n) is 9.81. The molecule has 12 aromatic carbocycles. The van der Waals surface area contributed by atoms with E-state index in [-0.39, 0.29) is 79.0 Å². The summed E-state index contributed by atoms with van der Waals surface area (Å²) in [5.74, 6) is -1.92. The third kappa shape index (κ3) is 13.1. The normalized spacial score (nSPS) is 11.5. The molecule has 86 heavy (non-hydrogen) atoms. The van der Waals surface area contributed by atoms with Crippen molar-refractivity contribution in [2.75, 3.05) is 0 Å². The van der Waals surface area contributed by atoms with E-state index in [0.717, 1.165) is 83.2 Å². The van der Waals surface area contributed by atoms with Crippen molar-refractivity contribution in [2.24, 2.45) is 20.0 Å². The predicted molar refractivity (Wildman–Crippen MR) is 353 cm³/mol. The standard InChI is InChI=1S/2C34H22Br2N2O4.2Ni/c2*35-23-9-11-25-19(15-23)7-13-27(37-17-21-3-1-5-29(39)33(21)41)31(25)32-26-12-10-24(36)16-20(26)8-14-28(32)38-18-22-4-2-6-30(40)34(22)42;;/h2*1-18,39-42H;;. The van der Waals surface area contributed by atoms with E-state index >= 15 is 0 Å². The van der Waals surface area contributed by atoms with Crippen LogP contribution in [-0.2, 0) is 33.0 Å². The van der Waals surface area contributed by atoms with Crippen molar-refractivity contribution in [3.63, 3.8) is 0 Å². The quantitative estimate of drug-likeness (QED) is 0.0374. The molecule has 0 unspecified atom stereocenters. The molecule has 0 atom stereocenters. The van der Waals surface area contributed by atoms with Gasteiger partial charge in [-0.15, -0.1) is 0 Å². The number of halogens is 4. The van der Waals surface area contributed by atoms with Crippen LogP contribution in [0.2, 0.25) is 0 Å². The number of rotatable bonds is 10. The minimum Gasteiger partial charge on any atom is -0.504 e. The SMILES string of the molecule is Oc1cccc(C=Nc2ccc3cc(Br)ccc3c2-c2c(N=Cc3cccc(O)c3O)ccc3cc(Br)ccc23)c1O.Oc1cccc(C=Nc2ccc3cc(Br)ccc3c2-c2c(N=Cc3cccc(O)c3O)ccc3cc(Br)ccc23)c1O.[Ni].[Ni]. The van der Waals surface area contributed by atoms with Gasteiger partial charge in [0.25, 0.3) is 0 Å². The Kier molecular flexibility index (Phi) is 19.5. The summed E-state index contributed by atoms with van der Waals surface area (Å²) in [4.78, 5) is 19.2. The van der Waals surface area contributed by atoms with Crippen molar-refractivity contribution < 1.29 is 73.8 Å². The topological polar surface area (TPSA) is 211 Å². The molecule has 0 aliphatic heterocycles. The number of aromatic hydroxyl groups is 8. The van der Waals surface area contributed by atoms with Crippen LogP contribution in [-0.4, -0.2) is 65.7 Å². The first kappa shape index (κ1) is 62.2. The van der Waals surface area contributed by atoms with Gasteiger partial charge in [0, 0.05) is 120 Å². The van der Waals surface area contributed by atoms with Gasteiger partial charge in [-0.2, -0.15) is 0 Å². The molecule has 8 N–H and O–H groups in total. The molecular formula is C68H44Br4N4Ni2O8. The van der Waals surface area contributed by atoms with Gasteiger partial charge >= 0.3 is 0 Å². The molecule has 0 heterocycles. The van der Waals surface area contributed by atoms with Gasteiger partial charge in [-0.3, -0.25) is 20.0 Å². The summed E-state index contributed by atoms with van der Waals surface area (Å²) < 4.78 is 3.73. The number of hydrogen-bond donors (Lipinski definition) is 8. The summed E-state index contributed by atoms with van der Waals surface area (Å²) in [6.07, 6.45) is 6.09. The fraction of sp³-hybridized carbons (Fsp3) is 0. The van der Waals surface area contributed by atoms with E-state index in [1.54, 1.807) is 48.5 Å². The van der Waals surface area contributed by atoms with Gasteiger partial charge in [0.05, 0.1) is 22.7 Å². The number of para-hydroxylation sites is 4. The monoisotopic (exact) mass is 1480 g/mol. The summed E-state index contributed by atoms with van der Waals surface area (Å²) in [5.41, 5.74) is 7.25. The van der Waals surface area contributed by atoms with Crippen LogP contribution in [0.25, 0.3) is 65.3 Å². The van der Waals surface area contributed by atoms with Crippen molar-refractivity contribution in [3.05, 3.63) is 234 Å². The Labute approximate surface area is 546 Å².